The van der Waals surface area contributed by atoms with Crippen molar-refractivity contribution in [2.75, 3.05) is 20.2 Å². The lowest BCUT2D eigenvalue weighted by atomic mass is 10.2. The molecule has 1 heterocycles. The fourth-order valence-corrected chi connectivity index (χ4v) is 2.44. The van der Waals surface area contributed by atoms with Crippen LogP contribution in [-0.4, -0.2) is 37.2 Å². The van der Waals surface area contributed by atoms with Gasteiger partial charge in [-0.15, -0.1) is 0 Å². The molecule has 1 aromatic heterocycles. The van der Waals surface area contributed by atoms with E-state index < -0.39 is 0 Å². The number of rotatable bonds is 9. The molecule has 0 atom stereocenters. The van der Waals surface area contributed by atoms with E-state index in [0.717, 1.165) is 43.3 Å². The summed E-state index contributed by atoms with van der Waals surface area (Å²) in [5.41, 5.74) is 1.19. The number of likely N-dealkylation sites (N-methyl/N-ethyl adjacent to an activating group) is 1. The van der Waals surface area contributed by atoms with Crippen LogP contribution < -0.4 is 5.32 Å². The summed E-state index contributed by atoms with van der Waals surface area (Å²) in [5.74, 6) is 2.02. The molecule has 0 unspecified atom stereocenters. The Morgan fingerprint density at radius 3 is 2.85 bits per heavy atom. The van der Waals surface area contributed by atoms with Gasteiger partial charge in [0.05, 0.1) is 19.8 Å². The molecular weight excluding hydrogens is 252 g/mol. The van der Waals surface area contributed by atoms with Gasteiger partial charge in [0.15, 0.2) is 0 Å². The lowest BCUT2D eigenvalue weighted by Gasteiger charge is -2.15. The highest BCUT2D eigenvalue weighted by atomic mass is 16.5. The van der Waals surface area contributed by atoms with E-state index >= 15 is 0 Å². The zero-order valence-electron chi connectivity index (χ0n) is 12.7. The lowest BCUT2D eigenvalue weighted by Crippen LogP contribution is -2.25. The molecule has 112 valence electrons. The summed E-state index contributed by atoms with van der Waals surface area (Å²) in [5, 5.41) is 3.47. The third kappa shape index (κ3) is 4.08. The van der Waals surface area contributed by atoms with Gasteiger partial charge in [-0.1, -0.05) is 0 Å². The number of hydrogen-bond acceptors (Lipinski definition) is 4. The van der Waals surface area contributed by atoms with Crippen molar-refractivity contribution in [2.45, 2.75) is 57.8 Å². The van der Waals surface area contributed by atoms with Crippen molar-refractivity contribution >= 4 is 0 Å². The third-order valence-electron chi connectivity index (χ3n) is 4.23. The van der Waals surface area contributed by atoms with E-state index in [0.29, 0.717) is 6.61 Å². The van der Waals surface area contributed by atoms with Gasteiger partial charge in [-0.25, -0.2) is 0 Å². The van der Waals surface area contributed by atoms with Gasteiger partial charge in [0.2, 0.25) is 0 Å². The van der Waals surface area contributed by atoms with Crippen molar-refractivity contribution in [3.8, 4) is 0 Å². The largest absolute Gasteiger partial charge is 0.465 e. The number of furan rings is 1. The van der Waals surface area contributed by atoms with E-state index in [1.165, 1.54) is 31.2 Å². The molecule has 2 saturated carbocycles. The fourth-order valence-electron chi connectivity index (χ4n) is 2.44. The molecule has 2 aliphatic rings. The van der Waals surface area contributed by atoms with Crippen molar-refractivity contribution < 1.29 is 9.15 Å². The van der Waals surface area contributed by atoms with Crippen molar-refractivity contribution in [3.63, 3.8) is 0 Å². The van der Waals surface area contributed by atoms with Crippen LogP contribution in [0.4, 0.5) is 0 Å². The van der Waals surface area contributed by atoms with Crippen LogP contribution >= 0.6 is 0 Å². The molecule has 1 aromatic rings. The van der Waals surface area contributed by atoms with Gasteiger partial charge in [-0.05, 0) is 45.7 Å². The second-order valence-corrected chi connectivity index (χ2v) is 6.21. The molecule has 0 bridgehead atoms. The molecule has 1 N–H and O–H groups in total. The normalized spacial score (nSPS) is 18.9. The zero-order chi connectivity index (χ0) is 13.9. The summed E-state index contributed by atoms with van der Waals surface area (Å²) in [6, 6.07) is 3.67. The summed E-state index contributed by atoms with van der Waals surface area (Å²) in [4.78, 5) is 2.40. The SMILES string of the molecule is Cc1oc(CNC2CC2)cc1COCCN(C)C1CC1. The Morgan fingerprint density at radius 1 is 1.35 bits per heavy atom. The van der Waals surface area contributed by atoms with Gasteiger partial charge < -0.3 is 19.4 Å². The van der Waals surface area contributed by atoms with Gasteiger partial charge in [-0.3, -0.25) is 0 Å². The summed E-state index contributed by atoms with van der Waals surface area (Å²) >= 11 is 0. The Morgan fingerprint density at radius 2 is 2.15 bits per heavy atom. The van der Waals surface area contributed by atoms with E-state index in [9.17, 15) is 0 Å². The van der Waals surface area contributed by atoms with Crippen LogP contribution in [0, 0.1) is 6.92 Å². The Bertz CT molecular complexity index is 436. The number of nitrogens with one attached hydrogen (secondary N) is 1. The minimum atomic E-state index is 0.664. The Hall–Kier alpha value is -0.840. The third-order valence-corrected chi connectivity index (χ3v) is 4.23. The van der Waals surface area contributed by atoms with Crippen LogP contribution in [0.1, 0.15) is 42.8 Å². The summed E-state index contributed by atoms with van der Waals surface area (Å²) in [7, 11) is 2.19. The first-order valence-electron chi connectivity index (χ1n) is 7.82. The van der Waals surface area contributed by atoms with Crippen LogP contribution in [0.3, 0.4) is 0 Å². The molecule has 0 aromatic carbocycles. The molecule has 0 aliphatic heterocycles. The first kappa shape index (κ1) is 14.1. The van der Waals surface area contributed by atoms with E-state index in [4.69, 9.17) is 9.15 Å². The Balaban J connectivity index is 1.37. The quantitative estimate of drug-likeness (QED) is 0.704. The first-order valence-corrected chi connectivity index (χ1v) is 7.82. The van der Waals surface area contributed by atoms with Crippen LogP contribution in [0.5, 0.6) is 0 Å². The van der Waals surface area contributed by atoms with Gasteiger partial charge in [0.1, 0.15) is 11.5 Å². The number of hydrogen-bond donors (Lipinski definition) is 1. The van der Waals surface area contributed by atoms with Gasteiger partial charge >= 0.3 is 0 Å². The molecule has 2 fully saturated rings. The van der Waals surface area contributed by atoms with Crippen molar-refractivity contribution in [1.29, 1.82) is 0 Å². The van der Waals surface area contributed by atoms with Gasteiger partial charge in [-0.2, -0.15) is 0 Å². The van der Waals surface area contributed by atoms with Gasteiger partial charge in [0, 0.05) is 24.2 Å². The van der Waals surface area contributed by atoms with Crippen molar-refractivity contribution in [1.82, 2.24) is 10.2 Å². The van der Waals surface area contributed by atoms with E-state index in [1.807, 2.05) is 6.92 Å². The molecule has 3 rings (SSSR count). The van der Waals surface area contributed by atoms with E-state index in [2.05, 4.69) is 23.3 Å². The van der Waals surface area contributed by atoms with Crippen LogP contribution in [0.2, 0.25) is 0 Å². The minimum absolute atomic E-state index is 0.664. The zero-order valence-corrected chi connectivity index (χ0v) is 12.7. The summed E-state index contributed by atoms with van der Waals surface area (Å²) in [6.45, 7) is 5.35. The van der Waals surface area contributed by atoms with Gasteiger partial charge in [0.25, 0.3) is 0 Å². The van der Waals surface area contributed by atoms with Crippen LogP contribution in [0.15, 0.2) is 10.5 Å². The highest BCUT2D eigenvalue weighted by Crippen LogP contribution is 2.25. The monoisotopic (exact) mass is 278 g/mol. The Kier molecular flexibility index (Phi) is 4.44. The summed E-state index contributed by atoms with van der Waals surface area (Å²) < 4.78 is 11.5. The van der Waals surface area contributed by atoms with Crippen LogP contribution in [0.25, 0.3) is 0 Å². The number of aryl methyl sites for hydroxylation is 1. The molecule has 0 saturated heterocycles. The maximum atomic E-state index is 5.78. The molecule has 0 radical (unpaired) electrons. The smallest absolute Gasteiger partial charge is 0.118 e. The van der Waals surface area contributed by atoms with Crippen molar-refractivity contribution in [3.05, 3.63) is 23.2 Å². The molecular formula is C16H26N2O2. The first-order chi connectivity index (χ1) is 9.72. The molecule has 2 aliphatic carbocycles. The molecule has 20 heavy (non-hydrogen) atoms. The van der Waals surface area contributed by atoms with Crippen LogP contribution in [-0.2, 0) is 17.9 Å². The Labute approximate surface area is 121 Å². The van der Waals surface area contributed by atoms with E-state index in [1.54, 1.807) is 0 Å². The number of ether oxygens (including phenoxy) is 1. The standard InChI is InChI=1S/C16H26N2O2/c1-12-13(9-16(20-12)10-17-14-3-4-14)11-19-8-7-18(2)15-5-6-15/h9,14-15,17H,3-8,10-11H2,1-2H3. The minimum Gasteiger partial charge on any atom is -0.465 e. The van der Waals surface area contributed by atoms with Crippen molar-refractivity contribution in [2.24, 2.45) is 0 Å². The highest BCUT2D eigenvalue weighted by molar-refractivity contribution is 5.20. The average Bonchev–Trinajstić information content (AvgIpc) is 3.32. The number of nitrogens with zero attached hydrogens (tertiary/aromatic N) is 1. The topological polar surface area (TPSA) is 37.6 Å². The highest BCUT2D eigenvalue weighted by Gasteiger charge is 2.25. The second kappa shape index (κ2) is 6.29. The average molecular weight is 278 g/mol. The van der Waals surface area contributed by atoms with E-state index in [-0.39, 0.29) is 0 Å². The molecule has 0 spiro atoms. The molecule has 0 amide bonds. The molecule has 4 heteroatoms. The lowest BCUT2D eigenvalue weighted by molar-refractivity contribution is 0.0971. The molecule has 4 nitrogen and oxygen atoms in total. The maximum Gasteiger partial charge on any atom is 0.118 e. The second-order valence-electron chi connectivity index (χ2n) is 6.21. The maximum absolute atomic E-state index is 5.78. The predicted molar refractivity (Wildman–Crippen MR) is 78.6 cm³/mol. The predicted octanol–water partition coefficient (Wildman–Crippen LogP) is 2.45. The summed E-state index contributed by atoms with van der Waals surface area (Å²) in [6.07, 6.45) is 5.33. The fraction of sp³-hybridized carbons (Fsp3) is 0.750.